The molecule has 0 saturated carbocycles. The second-order valence-corrected chi connectivity index (χ2v) is 6.83. The summed E-state index contributed by atoms with van der Waals surface area (Å²) in [4.78, 5) is 2.26. The van der Waals surface area contributed by atoms with Crippen LogP contribution >= 0.6 is 0 Å². The molecular weight excluding hydrogens is 326 g/mol. The Hall–Kier alpha value is -3.32. The topological polar surface area (TPSA) is 3.24 Å². The fourth-order valence-electron chi connectivity index (χ4n) is 3.49. The molecule has 1 nitrogen and oxygen atoms in total. The predicted octanol–water partition coefficient (Wildman–Crippen LogP) is 7.10. The minimum Gasteiger partial charge on any atom is -0.344 e. The van der Waals surface area contributed by atoms with Crippen molar-refractivity contribution in [3.05, 3.63) is 109 Å². The SMILES string of the molecule is Cc1ccc(-c2cccc(N(C)c3ccccc3)c2-c2ccccc2)cc1. The van der Waals surface area contributed by atoms with Gasteiger partial charge in [0.1, 0.15) is 0 Å². The molecule has 0 fully saturated rings. The van der Waals surface area contributed by atoms with Gasteiger partial charge >= 0.3 is 0 Å². The summed E-state index contributed by atoms with van der Waals surface area (Å²) in [5.41, 5.74) is 8.63. The van der Waals surface area contributed by atoms with Crippen LogP contribution in [0.1, 0.15) is 5.56 Å². The van der Waals surface area contributed by atoms with Gasteiger partial charge in [0.25, 0.3) is 0 Å². The van der Waals surface area contributed by atoms with Gasteiger partial charge in [-0.25, -0.2) is 0 Å². The van der Waals surface area contributed by atoms with Crippen molar-refractivity contribution in [3.8, 4) is 22.3 Å². The van der Waals surface area contributed by atoms with Crippen LogP contribution in [0.2, 0.25) is 0 Å². The number of anilines is 2. The monoisotopic (exact) mass is 349 g/mol. The number of para-hydroxylation sites is 1. The molecule has 0 atom stereocenters. The van der Waals surface area contributed by atoms with Gasteiger partial charge in [-0.05, 0) is 41.8 Å². The molecule has 0 aliphatic rings. The first-order valence-corrected chi connectivity index (χ1v) is 9.28. The molecule has 0 heterocycles. The van der Waals surface area contributed by atoms with Crippen LogP contribution in [-0.4, -0.2) is 7.05 Å². The van der Waals surface area contributed by atoms with Crippen molar-refractivity contribution in [3.63, 3.8) is 0 Å². The maximum atomic E-state index is 2.26. The fraction of sp³-hybridized carbons (Fsp3) is 0.0769. The summed E-state index contributed by atoms with van der Waals surface area (Å²) in [6, 6.07) is 36.5. The third-order valence-electron chi connectivity index (χ3n) is 4.97. The van der Waals surface area contributed by atoms with E-state index in [1.165, 1.54) is 39.2 Å². The molecule has 27 heavy (non-hydrogen) atoms. The Kier molecular flexibility index (Phi) is 4.76. The van der Waals surface area contributed by atoms with Crippen LogP contribution in [0.25, 0.3) is 22.3 Å². The molecule has 0 amide bonds. The van der Waals surface area contributed by atoms with Gasteiger partial charge in [-0.1, -0.05) is 90.5 Å². The molecule has 0 aromatic heterocycles. The zero-order chi connectivity index (χ0) is 18.6. The Morgan fingerprint density at radius 2 is 1.19 bits per heavy atom. The number of aryl methyl sites for hydroxylation is 1. The first kappa shape index (κ1) is 17.1. The molecule has 4 aromatic rings. The first-order valence-electron chi connectivity index (χ1n) is 9.28. The van der Waals surface area contributed by atoms with Crippen molar-refractivity contribution in [2.45, 2.75) is 6.92 Å². The second kappa shape index (κ2) is 7.51. The van der Waals surface area contributed by atoms with Gasteiger partial charge in [0.2, 0.25) is 0 Å². The van der Waals surface area contributed by atoms with Gasteiger partial charge in [-0.15, -0.1) is 0 Å². The number of hydrogen-bond donors (Lipinski definition) is 0. The molecule has 0 unspecified atom stereocenters. The van der Waals surface area contributed by atoms with Gasteiger partial charge in [0, 0.05) is 24.0 Å². The van der Waals surface area contributed by atoms with E-state index in [4.69, 9.17) is 0 Å². The maximum absolute atomic E-state index is 2.26. The van der Waals surface area contributed by atoms with Crippen LogP contribution in [0.5, 0.6) is 0 Å². The molecule has 0 aliphatic carbocycles. The molecule has 4 rings (SSSR count). The van der Waals surface area contributed by atoms with Gasteiger partial charge in [-0.3, -0.25) is 0 Å². The minimum atomic E-state index is 1.18. The number of rotatable bonds is 4. The molecule has 0 radical (unpaired) electrons. The van der Waals surface area contributed by atoms with Crippen LogP contribution in [0.3, 0.4) is 0 Å². The summed E-state index contributed by atoms with van der Waals surface area (Å²) in [6.07, 6.45) is 0. The van der Waals surface area contributed by atoms with E-state index in [0.717, 1.165) is 0 Å². The van der Waals surface area contributed by atoms with E-state index in [0.29, 0.717) is 0 Å². The minimum absolute atomic E-state index is 1.18. The molecule has 0 spiro atoms. The van der Waals surface area contributed by atoms with Crippen molar-refractivity contribution in [2.24, 2.45) is 0 Å². The smallest absolute Gasteiger partial charge is 0.0494 e. The quantitative estimate of drug-likeness (QED) is 0.380. The van der Waals surface area contributed by atoms with E-state index in [9.17, 15) is 0 Å². The lowest BCUT2D eigenvalue weighted by Gasteiger charge is -2.25. The van der Waals surface area contributed by atoms with Crippen LogP contribution in [-0.2, 0) is 0 Å². The lowest BCUT2D eigenvalue weighted by Crippen LogP contribution is -2.11. The van der Waals surface area contributed by atoms with Crippen LogP contribution in [0, 0.1) is 6.92 Å². The summed E-state index contributed by atoms with van der Waals surface area (Å²) >= 11 is 0. The molecule has 0 bridgehead atoms. The Bertz CT molecular complexity index is 1020. The van der Waals surface area contributed by atoms with Crippen molar-refractivity contribution in [2.75, 3.05) is 11.9 Å². The molecular formula is C26H23N. The highest BCUT2D eigenvalue weighted by atomic mass is 15.1. The normalized spacial score (nSPS) is 10.6. The number of benzene rings is 4. The van der Waals surface area contributed by atoms with E-state index in [-0.39, 0.29) is 0 Å². The summed E-state index contributed by atoms with van der Waals surface area (Å²) < 4.78 is 0. The van der Waals surface area contributed by atoms with Crippen LogP contribution in [0.15, 0.2) is 103 Å². The third-order valence-corrected chi connectivity index (χ3v) is 4.97. The average molecular weight is 349 g/mol. The van der Waals surface area contributed by atoms with Crippen LogP contribution < -0.4 is 4.90 Å². The molecule has 4 aromatic carbocycles. The summed E-state index contributed by atoms with van der Waals surface area (Å²) in [6.45, 7) is 2.13. The van der Waals surface area contributed by atoms with Gasteiger partial charge in [-0.2, -0.15) is 0 Å². The Balaban J connectivity index is 1.94. The number of nitrogens with zero attached hydrogens (tertiary/aromatic N) is 1. The largest absolute Gasteiger partial charge is 0.344 e. The van der Waals surface area contributed by atoms with Gasteiger partial charge in [0.05, 0.1) is 0 Å². The van der Waals surface area contributed by atoms with E-state index in [1.807, 2.05) is 0 Å². The van der Waals surface area contributed by atoms with Crippen molar-refractivity contribution >= 4 is 11.4 Å². The summed E-state index contributed by atoms with van der Waals surface area (Å²) in [5.74, 6) is 0. The predicted molar refractivity (Wildman–Crippen MR) is 117 cm³/mol. The third kappa shape index (κ3) is 3.50. The standard InChI is InChI=1S/C26H23N/c1-20-16-18-21(19-17-20)24-14-9-15-25(26(24)22-10-5-3-6-11-22)27(2)23-12-7-4-8-13-23/h3-19H,1-2H3. The van der Waals surface area contributed by atoms with Gasteiger partial charge < -0.3 is 4.90 Å². The lowest BCUT2D eigenvalue weighted by molar-refractivity contribution is 1.21. The summed E-state index contributed by atoms with van der Waals surface area (Å²) in [7, 11) is 2.13. The molecule has 0 N–H and O–H groups in total. The average Bonchev–Trinajstić information content (AvgIpc) is 2.74. The fourth-order valence-corrected chi connectivity index (χ4v) is 3.49. The lowest BCUT2D eigenvalue weighted by atomic mass is 9.92. The van der Waals surface area contributed by atoms with E-state index in [1.54, 1.807) is 0 Å². The molecule has 0 saturated heterocycles. The molecule has 0 aliphatic heterocycles. The second-order valence-electron chi connectivity index (χ2n) is 6.83. The molecule has 1 heteroatoms. The highest BCUT2D eigenvalue weighted by Gasteiger charge is 2.16. The van der Waals surface area contributed by atoms with E-state index >= 15 is 0 Å². The maximum Gasteiger partial charge on any atom is 0.0494 e. The number of hydrogen-bond acceptors (Lipinski definition) is 1. The van der Waals surface area contributed by atoms with Crippen LogP contribution in [0.4, 0.5) is 11.4 Å². The van der Waals surface area contributed by atoms with Crippen molar-refractivity contribution in [1.82, 2.24) is 0 Å². The van der Waals surface area contributed by atoms with Crippen molar-refractivity contribution < 1.29 is 0 Å². The highest BCUT2D eigenvalue weighted by molar-refractivity contribution is 5.93. The Labute approximate surface area is 161 Å². The zero-order valence-electron chi connectivity index (χ0n) is 15.8. The zero-order valence-corrected chi connectivity index (χ0v) is 15.8. The highest BCUT2D eigenvalue weighted by Crippen LogP contribution is 2.41. The first-order chi connectivity index (χ1) is 13.2. The van der Waals surface area contributed by atoms with Crippen molar-refractivity contribution in [1.29, 1.82) is 0 Å². The van der Waals surface area contributed by atoms with E-state index < -0.39 is 0 Å². The van der Waals surface area contributed by atoms with E-state index in [2.05, 4.69) is 122 Å². The molecule has 132 valence electrons. The summed E-state index contributed by atoms with van der Waals surface area (Å²) in [5, 5.41) is 0. The van der Waals surface area contributed by atoms with Gasteiger partial charge in [0.15, 0.2) is 0 Å². The Morgan fingerprint density at radius 3 is 1.85 bits per heavy atom. The Morgan fingerprint density at radius 1 is 0.556 bits per heavy atom.